The summed E-state index contributed by atoms with van der Waals surface area (Å²) in [5.41, 5.74) is 2.78. The Morgan fingerprint density at radius 3 is 2.75 bits per heavy atom. The Morgan fingerprint density at radius 2 is 2.10 bits per heavy atom. The highest BCUT2D eigenvalue weighted by molar-refractivity contribution is 5.22. The summed E-state index contributed by atoms with van der Waals surface area (Å²) >= 11 is 0. The van der Waals surface area contributed by atoms with Gasteiger partial charge in [0.1, 0.15) is 0 Å². The van der Waals surface area contributed by atoms with Gasteiger partial charge >= 0.3 is 0 Å². The standard InChI is InChI=1S/C18H29NO/c1-3-19-17(6-4-7-18-8-5-13-20-18)14-16-11-9-15(2)10-12-16/h9-12,17-19H,3-8,13-14H2,1-2H3. The number of aryl methyl sites for hydroxylation is 1. The molecule has 2 rings (SSSR count). The van der Waals surface area contributed by atoms with Crippen LogP contribution in [0.1, 0.15) is 50.2 Å². The van der Waals surface area contributed by atoms with Crippen LogP contribution in [0, 0.1) is 6.92 Å². The first kappa shape index (κ1) is 15.5. The second-order valence-electron chi connectivity index (χ2n) is 6.01. The monoisotopic (exact) mass is 275 g/mol. The molecular formula is C18H29NO. The molecule has 0 aromatic heterocycles. The summed E-state index contributed by atoms with van der Waals surface area (Å²) in [7, 11) is 0. The normalized spacial score (nSPS) is 20.2. The van der Waals surface area contributed by atoms with Gasteiger partial charge in [0.2, 0.25) is 0 Å². The smallest absolute Gasteiger partial charge is 0.0576 e. The van der Waals surface area contributed by atoms with Gasteiger partial charge in [0.25, 0.3) is 0 Å². The number of nitrogens with one attached hydrogen (secondary N) is 1. The average Bonchev–Trinajstić information content (AvgIpc) is 2.95. The second-order valence-corrected chi connectivity index (χ2v) is 6.01. The molecule has 0 saturated carbocycles. The molecule has 0 spiro atoms. The maximum absolute atomic E-state index is 5.71. The number of ether oxygens (including phenoxy) is 1. The number of benzene rings is 1. The van der Waals surface area contributed by atoms with Gasteiger partial charge in [-0.2, -0.15) is 0 Å². The van der Waals surface area contributed by atoms with Gasteiger partial charge in [-0.25, -0.2) is 0 Å². The summed E-state index contributed by atoms with van der Waals surface area (Å²) < 4.78 is 5.71. The molecule has 2 unspecified atom stereocenters. The second kappa shape index (κ2) is 8.43. The molecule has 1 N–H and O–H groups in total. The van der Waals surface area contributed by atoms with E-state index in [1.807, 2.05) is 0 Å². The van der Waals surface area contributed by atoms with Crippen molar-refractivity contribution >= 4 is 0 Å². The first-order valence-electron chi connectivity index (χ1n) is 8.18. The molecular weight excluding hydrogens is 246 g/mol. The lowest BCUT2D eigenvalue weighted by Gasteiger charge is -2.19. The van der Waals surface area contributed by atoms with E-state index in [0.717, 1.165) is 19.6 Å². The predicted molar refractivity (Wildman–Crippen MR) is 85.2 cm³/mol. The molecule has 1 aliphatic rings. The summed E-state index contributed by atoms with van der Waals surface area (Å²) in [6.45, 7) is 6.37. The van der Waals surface area contributed by atoms with Gasteiger partial charge in [0.15, 0.2) is 0 Å². The van der Waals surface area contributed by atoms with Crippen LogP contribution in [-0.4, -0.2) is 25.3 Å². The molecule has 1 aliphatic heterocycles. The molecule has 0 amide bonds. The Hall–Kier alpha value is -0.860. The minimum Gasteiger partial charge on any atom is -0.378 e. The minimum absolute atomic E-state index is 0.539. The van der Waals surface area contributed by atoms with Gasteiger partial charge in [-0.05, 0) is 57.6 Å². The first-order valence-corrected chi connectivity index (χ1v) is 8.18. The van der Waals surface area contributed by atoms with Gasteiger partial charge in [0.05, 0.1) is 6.10 Å². The molecule has 2 heteroatoms. The van der Waals surface area contributed by atoms with Crippen molar-refractivity contribution in [3.63, 3.8) is 0 Å². The fourth-order valence-electron chi connectivity index (χ4n) is 3.04. The SMILES string of the molecule is CCNC(CCCC1CCCO1)Cc1ccc(C)cc1. The summed E-state index contributed by atoms with van der Waals surface area (Å²) in [6, 6.07) is 9.55. The Labute approximate surface area is 123 Å². The molecule has 1 fully saturated rings. The van der Waals surface area contributed by atoms with Gasteiger partial charge in [-0.1, -0.05) is 36.8 Å². The largest absolute Gasteiger partial charge is 0.378 e. The van der Waals surface area contributed by atoms with Crippen molar-refractivity contribution in [1.82, 2.24) is 5.32 Å². The first-order chi connectivity index (χ1) is 9.78. The molecule has 0 bridgehead atoms. The van der Waals surface area contributed by atoms with Crippen molar-refractivity contribution in [3.8, 4) is 0 Å². The zero-order valence-electron chi connectivity index (χ0n) is 13.0. The van der Waals surface area contributed by atoms with Crippen LogP contribution in [-0.2, 0) is 11.2 Å². The van der Waals surface area contributed by atoms with Crippen LogP contribution in [0.25, 0.3) is 0 Å². The number of rotatable bonds is 8. The van der Waals surface area contributed by atoms with Gasteiger partial charge in [0, 0.05) is 12.6 Å². The van der Waals surface area contributed by atoms with Crippen molar-refractivity contribution in [3.05, 3.63) is 35.4 Å². The van der Waals surface area contributed by atoms with Gasteiger partial charge in [-0.3, -0.25) is 0 Å². The minimum atomic E-state index is 0.539. The number of likely N-dealkylation sites (N-methyl/N-ethyl adjacent to an activating group) is 1. The highest BCUT2D eigenvalue weighted by Gasteiger charge is 2.16. The van der Waals surface area contributed by atoms with Crippen LogP contribution < -0.4 is 5.32 Å². The third-order valence-electron chi connectivity index (χ3n) is 4.20. The van der Waals surface area contributed by atoms with Crippen LogP contribution in [0.5, 0.6) is 0 Å². The quantitative estimate of drug-likeness (QED) is 0.777. The summed E-state index contributed by atoms with van der Waals surface area (Å²) in [5, 5.41) is 3.63. The molecule has 0 radical (unpaired) electrons. The molecule has 1 aromatic carbocycles. The van der Waals surface area contributed by atoms with E-state index < -0.39 is 0 Å². The van der Waals surface area contributed by atoms with Gasteiger partial charge < -0.3 is 10.1 Å². The van der Waals surface area contributed by atoms with Crippen molar-refractivity contribution in [2.24, 2.45) is 0 Å². The maximum atomic E-state index is 5.71. The fourth-order valence-corrected chi connectivity index (χ4v) is 3.04. The Morgan fingerprint density at radius 1 is 1.30 bits per heavy atom. The summed E-state index contributed by atoms with van der Waals surface area (Å²) in [6.07, 6.45) is 7.95. The lowest BCUT2D eigenvalue weighted by Crippen LogP contribution is -2.31. The van der Waals surface area contributed by atoms with Crippen molar-refractivity contribution < 1.29 is 4.74 Å². The van der Waals surface area contributed by atoms with E-state index in [9.17, 15) is 0 Å². The van der Waals surface area contributed by atoms with E-state index in [2.05, 4.69) is 43.4 Å². The third kappa shape index (κ3) is 5.26. The molecule has 1 heterocycles. The third-order valence-corrected chi connectivity index (χ3v) is 4.20. The zero-order valence-corrected chi connectivity index (χ0v) is 13.0. The number of hydrogen-bond acceptors (Lipinski definition) is 2. The molecule has 2 atom stereocenters. The maximum Gasteiger partial charge on any atom is 0.0576 e. The predicted octanol–water partition coefficient (Wildman–Crippen LogP) is 3.86. The molecule has 0 aliphatic carbocycles. The zero-order chi connectivity index (χ0) is 14.2. The summed E-state index contributed by atoms with van der Waals surface area (Å²) in [4.78, 5) is 0. The molecule has 112 valence electrons. The molecule has 2 nitrogen and oxygen atoms in total. The van der Waals surface area contributed by atoms with Crippen LogP contribution >= 0.6 is 0 Å². The lowest BCUT2D eigenvalue weighted by molar-refractivity contribution is 0.101. The van der Waals surface area contributed by atoms with Crippen molar-refractivity contribution in [1.29, 1.82) is 0 Å². The highest BCUT2D eigenvalue weighted by Crippen LogP contribution is 2.19. The van der Waals surface area contributed by atoms with Crippen molar-refractivity contribution in [2.75, 3.05) is 13.2 Å². The Balaban J connectivity index is 1.75. The molecule has 1 saturated heterocycles. The van der Waals surface area contributed by atoms with E-state index >= 15 is 0 Å². The van der Waals surface area contributed by atoms with Crippen LogP contribution in [0.2, 0.25) is 0 Å². The Bertz CT molecular complexity index is 368. The van der Waals surface area contributed by atoms with Crippen LogP contribution in [0.4, 0.5) is 0 Å². The summed E-state index contributed by atoms with van der Waals surface area (Å²) in [5.74, 6) is 0. The van der Waals surface area contributed by atoms with Crippen LogP contribution in [0.3, 0.4) is 0 Å². The number of hydrogen-bond donors (Lipinski definition) is 1. The molecule has 1 aromatic rings. The van der Waals surface area contributed by atoms with E-state index in [-0.39, 0.29) is 0 Å². The van der Waals surface area contributed by atoms with E-state index in [4.69, 9.17) is 4.74 Å². The average molecular weight is 275 g/mol. The van der Waals surface area contributed by atoms with E-state index in [0.29, 0.717) is 12.1 Å². The highest BCUT2D eigenvalue weighted by atomic mass is 16.5. The molecule has 20 heavy (non-hydrogen) atoms. The lowest BCUT2D eigenvalue weighted by atomic mass is 9.98. The topological polar surface area (TPSA) is 21.3 Å². The van der Waals surface area contributed by atoms with Crippen LogP contribution in [0.15, 0.2) is 24.3 Å². The van der Waals surface area contributed by atoms with E-state index in [1.165, 1.54) is 43.2 Å². The van der Waals surface area contributed by atoms with E-state index in [1.54, 1.807) is 0 Å². The van der Waals surface area contributed by atoms with Crippen molar-refractivity contribution in [2.45, 2.75) is 64.5 Å². The Kier molecular flexibility index (Phi) is 6.55. The fraction of sp³-hybridized carbons (Fsp3) is 0.667. The van der Waals surface area contributed by atoms with Gasteiger partial charge in [-0.15, -0.1) is 0 Å².